The van der Waals surface area contributed by atoms with Crippen LogP contribution in [0.15, 0.2) is 6.07 Å². The summed E-state index contributed by atoms with van der Waals surface area (Å²) in [6.45, 7) is 2.04. The van der Waals surface area contributed by atoms with Crippen molar-refractivity contribution in [3.63, 3.8) is 0 Å². The van der Waals surface area contributed by atoms with Crippen LogP contribution in [0, 0.1) is 0 Å². The zero-order valence-electron chi connectivity index (χ0n) is 9.57. The van der Waals surface area contributed by atoms with Crippen molar-refractivity contribution in [2.24, 2.45) is 0 Å². The Hall–Kier alpha value is -0.970. The number of aryl methyl sites for hydroxylation is 1. The summed E-state index contributed by atoms with van der Waals surface area (Å²) < 4.78 is 0. The fourth-order valence-corrected chi connectivity index (χ4v) is 2.91. The van der Waals surface area contributed by atoms with Gasteiger partial charge in [-0.05, 0) is 24.3 Å². The molecule has 2 rings (SSSR count). The zero-order valence-corrected chi connectivity index (χ0v) is 10.4. The number of hydrogen-bond donors (Lipinski definition) is 2. The van der Waals surface area contributed by atoms with E-state index in [0.717, 1.165) is 18.1 Å². The molecule has 1 aromatic rings. The standard InChI is InChI=1S/C11H18N4S/c1-2-10-14-9(12)7-11(15-10)13-8-3-5-16-6-4-8/h7-8H,2-6H2,1H3,(H3,12,13,14,15). The molecule has 16 heavy (non-hydrogen) atoms. The molecule has 4 nitrogen and oxygen atoms in total. The average molecular weight is 238 g/mol. The lowest BCUT2D eigenvalue weighted by Gasteiger charge is -2.23. The molecule has 5 heteroatoms. The Balaban J connectivity index is 2.04. The molecule has 0 radical (unpaired) electrons. The number of nitrogens with one attached hydrogen (secondary N) is 1. The highest BCUT2D eigenvalue weighted by molar-refractivity contribution is 7.99. The molecule has 1 aromatic heterocycles. The molecule has 1 aliphatic rings. The van der Waals surface area contributed by atoms with Gasteiger partial charge in [0.15, 0.2) is 0 Å². The third-order valence-corrected chi connectivity index (χ3v) is 3.73. The summed E-state index contributed by atoms with van der Waals surface area (Å²) in [5.41, 5.74) is 5.74. The first-order valence-electron chi connectivity index (χ1n) is 5.75. The van der Waals surface area contributed by atoms with Crippen molar-refractivity contribution in [3.05, 3.63) is 11.9 Å². The van der Waals surface area contributed by atoms with E-state index in [1.165, 1.54) is 24.3 Å². The highest BCUT2D eigenvalue weighted by atomic mass is 32.2. The van der Waals surface area contributed by atoms with Gasteiger partial charge >= 0.3 is 0 Å². The van der Waals surface area contributed by atoms with Crippen LogP contribution in [-0.4, -0.2) is 27.5 Å². The Morgan fingerprint density at radius 1 is 1.44 bits per heavy atom. The number of hydrogen-bond acceptors (Lipinski definition) is 5. The van der Waals surface area contributed by atoms with Gasteiger partial charge in [-0.1, -0.05) is 6.92 Å². The van der Waals surface area contributed by atoms with E-state index in [0.29, 0.717) is 11.9 Å². The molecule has 1 fully saturated rings. The SMILES string of the molecule is CCc1nc(N)cc(NC2CCSCC2)n1. The minimum absolute atomic E-state index is 0.542. The van der Waals surface area contributed by atoms with Gasteiger partial charge in [-0.25, -0.2) is 9.97 Å². The topological polar surface area (TPSA) is 63.8 Å². The van der Waals surface area contributed by atoms with Gasteiger partial charge in [0, 0.05) is 18.5 Å². The second-order valence-corrected chi connectivity index (χ2v) is 5.20. The van der Waals surface area contributed by atoms with E-state index >= 15 is 0 Å². The molecule has 1 aliphatic heterocycles. The lowest BCUT2D eigenvalue weighted by molar-refractivity contribution is 0.662. The first-order chi connectivity index (χ1) is 7.78. The number of rotatable bonds is 3. The Kier molecular flexibility index (Phi) is 3.88. The lowest BCUT2D eigenvalue weighted by Crippen LogP contribution is -2.25. The smallest absolute Gasteiger partial charge is 0.132 e. The number of nitrogens with two attached hydrogens (primary N) is 1. The van der Waals surface area contributed by atoms with Gasteiger partial charge < -0.3 is 11.1 Å². The molecular weight excluding hydrogens is 220 g/mol. The number of thioether (sulfide) groups is 1. The second-order valence-electron chi connectivity index (χ2n) is 3.98. The molecule has 88 valence electrons. The summed E-state index contributed by atoms with van der Waals surface area (Å²) in [7, 11) is 0. The van der Waals surface area contributed by atoms with E-state index in [4.69, 9.17) is 5.73 Å². The zero-order chi connectivity index (χ0) is 11.4. The summed E-state index contributed by atoms with van der Waals surface area (Å²) in [5.74, 6) is 4.71. The van der Waals surface area contributed by atoms with Gasteiger partial charge in [0.05, 0.1) is 0 Å². The fraction of sp³-hybridized carbons (Fsp3) is 0.636. The van der Waals surface area contributed by atoms with Crippen molar-refractivity contribution < 1.29 is 0 Å². The molecule has 0 aliphatic carbocycles. The Bertz CT molecular complexity index is 350. The Labute approximate surface area is 100 Å². The molecule has 0 unspecified atom stereocenters. The van der Waals surface area contributed by atoms with Gasteiger partial charge in [0.25, 0.3) is 0 Å². The van der Waals surface area contributed by atoms with Crippen LogP contribution in [0.4, 0.5) is 11.6 Å². The van der Waals surface area contributed by atoms with Crippen LogP contribution in [0.5, 0.6) is 0 Å². The molecule has 0 bridgehead atoms. The van der Waals surface area contributed by atoms with Gasteiger partial charge in [-0.2, -0.15) is 11.8 Å². The van der Waals surface area contributed by atoms with Gasteiger partial charge in [-0.3, -0.25) is 0 Å². The van der Waals surface area contributed by atoms with Crippen LogP contribution in [0.25, 0.3) is 0 Å². The van der Waals surface area contributed by atoms with Crippen molar-refractivity contribution in [1.29, 1.82) is 0 Å². The van der Waals surface area contributed by atoms with Crippen LogP contribution in [0.2, 0.25) is 0 Å². The molecule has 0 amide bonds. The van der Waals surface area contributed by atoms with Crippen molar-refractivity contribution >= 4 is 23.4 Å². The average Bonchev–Trinajstić information content (AvgIpc) is 2.29. The van der Waals surface area contributed by atoms with E-state index < -0.39 is 0 Å². The Morgan fingerprint density at radius 3 is 2.88 bits per heavy atom. The third kappa shape index (κ3) is 3.01. The molecule has 0 aromatic carbocycles. The molecule has 1 saturated heterocycles. The summed E-state index contributed by atoms with van der Waals surface area (Å²) in [6.07, 6.45) is 3.23. The highest BCUT2D eigenvalue weighted by Gasteiger charge is 2.14. The quantitative estimate of drug-likeness (QED) is 0.842. The number of nitrogens with zero attached hydrogens (tertiary/aromatic N) is 2. The molecule has 0 atom stereocenters. The summed E-state index contributed by atoms with van der Waals surface area (Å²) in [4.78, 5) is 8.61. The van der Waals surface area contributed by atoms with Crippen molar-refractivity contribution in [3.8, 4) is 0 Å². The minimum atomic E-state index is 0.542. The van der Waals surface area contributed by atoms with Gasteiger partial charge in [0.1, 0.15) is 17.5 Å². The van der Waals surface area contributed by atoms with E-state index in [2.05, 4.69) is 15.3 Å². The molecule has 2 heterocycles. The molecule has 0 saturated carbocycles. The van der Waals surface area contributed by atoms with Gasteiger partial charge in [-0.15, -0.1) is 0 Å². The van der Waals surface area contributed by atoms with E-state index in [-0.39, 0.29) is 0 Å². The maximum atomic E-state index is 5.74. The molecular formula is C11H18N4S. The normalized spacial score (nSPS) is 17.3. The highest BCUT2D eigenvalue weighted by Crippen LogP contribution is 2.20. The van der Waals surface area contributed by atoms with Crippen LogP contribution in [-0.2, 0) is 6.42 Å². The van der Waals surface area contributed by atoms with E-state index in [1.807, 2.05) is 24.8 Å². The molecule has 0 spiro atoms. The summed E-state index contributed by atoms with van der Waals surface area (Å²) >= 11 is 2.02. The maximum Gasteiger partial charge on any atom is 0.132 e. The van der Waals surface area contributed by atoms with Crippen LogP contribution < -0.4 is 11.1 Å². The third-order valence-electron chi connectivity index (χ3n) is 2.68. The largest absolute Gasteiger partial charge is 0.384 e. The van der Waals surface area contributed by atoms with Gasteiger partial charge in [0.2, 0.25) is 0 Å². The first kappa shape index (κ1) is 11.5. The predicted molar refractivity (Wildman–Crippen MR) is 69.8 cm³/mol. The minimum Gasteiger partial charge on any atom is -0.384 e. The summed E-state index contributed by atoms with van der Waals surface area (Å²) in [6, 6.07) is 2.36. The predicted octanol–water partition coefficient (Wildman–Crippen LogP) is 1.93. The molecule has 3 N–H and O–H groups in total. The number of aromatic nitrogens is 2. The number of nitrogen functional groups attached to an aromatic ring is 1. The lowest BCUT2D eigenvalue weighted by atomic mass is 10.1. The summed E-state index contributed by atoms with van der Waals surface area (Å²) in [5, 5.41) is 3.45. The fourth-order valence-electron chi connectivity index (χ4n) is 1.80. The monoisotopic (exact) mass is 238 g/mol. The number of anilines is 2. The van der Waals surface area contributed by atoms with Crippen molar-refractivity contribution in [2.45, 2.75) is 32.2 Å². The van der Waals surface area contributed by atoms with Crippen LogP contribution in [0.1, 0.15) is 25.6 Å². The van der Waals surface area contributed by atoms with Crippen LogP contribution in [0.3, 0.4) is 0 Å². The van der Waals surface area contributed by atoms with Crippen molar-refractivity contribution in [2.75, 3.05) is 22.6 Å². The van der Waals surface area contributed by atoms with Crippen molar-refractivity contribution in [1.82, 2.24) is 9.97 Å². The van der Waals surface area contributed by atoms with E-state index in [9.17, 15) is 0 Å². The van der Waals surface area contributed by atoms with Crippen LogP contribution >= 0.6 is 11.8 Å². The Morgan fingerprint density at radius 2 is 2.19 bits per heavy atom. The maximum absolute atomic E-state index is 5.74. The van der Waals surface area contributed by atoms with E-state index in [1.54, 1.807) is 0 Å². The first-order valence-corrected chi connectivity index (χ1v) is 6.91. The second kappa shape index (κ2) is 5.39.